The Hall–Kier alpha value is -2.41. The number of aryl methyl sites for hydroxylation is 1. The van der Waals surface area contributed by atoms with E-state index < -0.39 is 14.9 Å². The van der Waals surface area contributed by atoms with Gasteiger partial charge in [0.1, 0.15) is 0 Å². The van der Waals surface area contributed by atoms with Gasteiger partial charge in [-0.3, -0.25) is 14.4 Å². The number of anilines is 1. The fraction of sp³-hybridized carbons (Fsp3) is 0.143. The standard InChI is InChI=1S/C14H14N2O4S/c1-11-5-3-6-12(9-11)15(2)21(19,20)14-8-4-7-13(10-14)16(17)18/h3-10H,1-2H3. The first-order valence-electron chi connectivity index (χ1n) is 6.12. The summed E-state index contributed by atoms with van der Waals surface area (Å²) < 4.78 is 26.2. The molecule has 0 saturated heterocycles. The van der Waals surface area contributed by atoms with Gasteiger partial charge in [-0.15, -0.1) is 0 Å². The molecule has 21 heavy (non-hydrogen) atoms. The van der Waals surface area contributed by atoms with Gasteiger partial charge in [-0.2, -0.15) is 0 Å². The molecular weight excluding hydrogens is 292 g/mol. The second-order valence-corrected chi connectivity index (χ2v) is 6.54. The molecule has 110 valence electrons. The number of nitrogens with zero attached hydrogens (tertiary/aromatic N) is 2. The van der Waals surface area contributed by atoms with Crippen molar-refractivity contribution in [3.8, 4) is 0 Å². The van der Waals surface area contributed by atoms with E-state index in [2.05, 4.69) is 0 Å². The molecular formula is C14H14N2O4S. The van der Waals surface area contributed by atoms with Crippen LogP contribution in [0.5, 0.6) is 0 Å². The lowest BCUT2D eigenvalue weighted by atomic mass is 10.2. The first-order chi connectivity index (χ1) is 9.82. The van der Waals surface area contributed by atoms with Crippen molar-refractivity contribution in [2.75, 3.05) is 11.4 Å². The predicted octanol–water partition coefficient (Wildman–Crippen LogP) is 2.73. The third-order valence-corrected chi connectivity index (χ3v) is 4.83. The molecule has 0 aliphatic rings. The molecule has 0 atom stereocenters. The van der Waals surface area contributed by atoms with Crippen LogP contribution in [0.25, 0.3) is 0 Å². The summed E-state index contributed by atoms with van der Waals surface area (Å²) >= 11 is 0. The molecule has 6 nitrogen and oxygen atoms in total. The maximum Gasteiger partial charge on any atom is 0.270 e. The van der Waals surface area contributed by atoms with Gasteiger partial charge in [0.05, 0.1) is 15.5 Å². The lowest BCUT2D eigenvalue weighted by Gasteiger charge is -2.19. The number of rotatable bonds is 4. The van der Waals surface area contributed by atoms with Gasteiger partial charge >= 0.3 is 0 Å². The lowest BCUT2D eigenvalue weighted by molar-refractivity contribution is -0.385. The Morgan fingerprint density at radius 3 is 2.38 bits per heavy atom. The second kappa shape index (κ2) is 5.53. The number of hydrogen-bond acceptors (Lipinski definition) is 4. The molecule has 2 aromatic rings. The summed E-state index contributed by atoms with van der Waals surface area (Å²) in [5, 5.41) is 10.8. The Bertz CT molecular complexity index is 787. The molecule has 2 rings (SSSR count). The quantitative estimate of drug-likeness (QED) is 0.642. The van der Waals surface area contributed by atoms with Crippen LogP contribution in [0.2, 0.25) is 0 Å². The molecule has 0 bridgehead atoms. The van der Waals surface area contributed by atoms with Crippen molar-refractivity contribution in [3.63, 3.8) is 0 Å². The van der Waals surface area contributed by atoms with Crippen LogP contribution >= 0.6 is 0 Å². The highest BCUT2D eigenvalue weighted by atomic mass is 32.2. The van der Waals surface area contributed by atoms with Gasteiger partial charge < -0.3 is 0 Å². The summed E-state index contributed by atoms with van der Waals surface area (Å²) in [7, 11) is -2.42. The molecule has 2 aromatic carbocycles. The lowest BCUT2D eigenvalue weighted by Crippen LogP contribution is -2.26. The van der Waals surface area contributed by atoms with E-state index in [9.17, 15) is 18.5 Å². The average Bonchev–Trinajstić information content (AvgIpc) is 2.46. The molecule has 0 unspecified atom stereocenters. The average molecular weight is 306 g/mol. The predicted molar refractivity (Wildman–Crippen MR) is 79.9 cm³/mol. The van der Waals surface area contributed by atoms with Crippen LogP contribution in [-0.2, 0) is 10.0 Å². The molecule has 0 saturated carbocycles. The highest BCUT2D eigenvalue weighted by molar-refractivity contribution is 7.92. The van der Waals surface area contributed by atoms with Gasteiger partial charge in [-0.1, -0.05) is 18.2 Å². The summed E-state index contributed by atoms with van der Waals surface area (Å²) in [5.74, 6) is 0. The highest BCUT2D eigenvalue weighted by Crippen LogP contribution is 2.25. The van der Waals surface area contributed by atoms with E-state index in [4.69, 9.17) is 0 Å². The SMILES string of the molecule is Cc1cccc(N(C)S(=O)(=O)c2cccc([N+](=O)[O-])c2)c1. The van der Waals surface area contributed by atoms with Gasteiger partial charge in [0.2, 0.25) is 0 Å². The third-order valence-electron chi connectivity index (χ3n) is 3.05. The number of nitro groups is 1. The van der Waals surface area contributed by atoms with Crippen LogP contribution < -0.4 is 4.31 Å². The third kappa shape index (κ3) is 3.03. The van der Waals surface area contributed by atoms with Crippen molar-refractivity contribution < 1.29 is 13.3 Å². The minimum absolute atomic E-state index is 0.110. The van der Waals surface area contributed by atoms with Crippen molar-refractivity contribution in [2.24, 2.45) is 0 Å². The van der Waals surface area contributed by atoms with Crippen LogP contribution in [0.15, 0.2) is 53.4 Å². The molecule has 0 aliphatic carbocycles. The van der Waals surface area contributed by atoms with Crippen molar-refractivity contribution >= 4 is 21.4 Å². The smallest absolute Gasteiger partial charge is 0.269 e. The Kier molecular flexibility index (Phi) is 3.95. The van der Waals surface area contributed by atoms with Crippen molar-refractivity contribution in [1.29, 1.82) is 0 Å². The molecule has 7 heteroatoms. The van der Waals surface area contributed by atoms with Crippen LogP contribution in [0.3, 0.4) is 0 Å². The normalized spacial score (nSPS) is 11.1. The summed E-state index contributed by atoms with van der Waals surface area (Å²) in [6, 6.07) is 12.0. The van der Waals surface area contributed by atoms with Crippen molar-refractivity contribution in [1.82, 2.24) is 0 Å². The van der Waals surface area contributed by atoms with E-state index in [1.807, 2.05) is 13.0 Å². The van der Waals surface area contributed by atoms with E-state index in [1.54, 1.807) is 18.2 Å². The minimum atomic E-state index is -3.84. The number of benzene rings is 2. The second-order valence-electron chi connectivity index (χ2n) is 4.57. The van der Waals surface area contributed by atoms with E-state index >= 15 is 0 Å². The number of hydrogen-bond donors (Lipinski definition) is 0. The van der Waals surface area contributed by atoms with Crippen LogP contribution in [0.4, 0.5) is 11.4 Å². The molecule has 0 radical (unpaired) electrons. The number of sulfonamides is 1. The van der Waals surface area contributed by atoms with Gasteiger partial charge in [0, 0.05) is 19.2 Å². The summed E-state index contributed by atoms with van der Waals surface area (Å²) in [6.45, 7) is 1.86. The fourth-order valence-electron chi connectivity index (χ4n) is 1.88. The zero-order valence-electron chi connectivity index (χ0n) is 11.6. The molecule has 0 aromatic heterocycles. The molecule has 0 fully saturated rings. The largest absolute Gasteiger partial charge is 0.270 e. The van der Waals surface area contributed by atoms with Crippen LogP contribution in [0.1, 0.15) is 5.56 Å². The summed E-state index contributed by atoms with van der Waals surface area (Å²) in [4.78, 5) is 10.0. The topological polar surface area (TPSA) is 80.5 Å². The fourth-order valence-corrected chi connectivity index (χ4v) is 3.11. The Morgan fingerprint density at radius 2 is 1.76 bits per heavy atom. The maximum absolute atomic E-state index is 12.5. The van der Waals surface area contributed by atoms with Crippen molar-refractivity contribution in [3.05, 3.63) is 64.2 Å². The molecule has 0 spiro atoms. The van der Waals surface area contributed by atoms with Crippen LogP contribution in [-0.4, -0.2) is 20.4 Å². The van der Waals surface area contributed by atoms with Crippen molar-refractivity contribution in [2.45, 2.75) is 11.8 Å². The first kappa shape index (κ1) is 15.0. The van der Waals surface area contributed by atoms with Gasteiger partial charge in [0.15, 0.2) is 0 Å². The zero-order chi connectivity index (χ0) is 15.6. The Labute approximate surface area is 122 Å². The number of non-ortho nitro benzene ring substituents is 1. The molecule has 0 heterocycles. The summed E-state index contributed by atoms with van der Waals surface area (Å²) in [6.07, 6.45) is 0. The zero-order valence-corrected chi connectivity index (χ0v) is 12.4. The summed E-state index contributed by atoms with van der Waals surface area (Å²) in [5.41, 5.74) is 1.17. The van der Waals surface area contributed by atoms with Gasteiger partial charge in [-0.05, 0) is 30.7 Å². The molecule has 0 aliphatic heterocycles. The van der Waals surface area contributed by atoms with E-state index in [-0.39, 0.29) is 10.6 Å². The van der Waals surface area contributed by atoms with E-state index in [0.29, 0.717) is 5.69 Å². The monoisotopic (exact) mass is 306 g/mol. The van der Waals surface area contributed by atoms with E-state index in [0.717, 1.165) is 15.9 Å². The molecule has 0 N–H and O–H groups in total. The Balaban J connectivity index is 2.46. The molecule has 0 amide bonds. The maximum atomic E-state index is 12.5. The van der Waals surface area contributed by atoms with E-state index in [1.165, 1.54) is 25.2 Å². The minimum Gasteiger partial charge on any atom is -0.269 e. The van der Waals surface area contributed by atoms with Gasteiger partial charge in [0.25, 0.3) is 15.7 Å². The van der Waals surface area contributed by atoms with Gasteiger partial charge in [-0.25, -0.2) is 8.42 Å². The Morgan fingerprint density at radius 1 is 1.10 bits per heavy atom. The highest BCUT2D eigenvalue weighted by Gasteiger charge is 2.23. The first-order valence-corrected chi connectivity index (χ1v) is 7.56. The van der Waals surface area contributed by atoms with Crippen LogP contribution in [0, 0.1) is 17.0 Å². The number of nitro benzene ring substituents is 1.